The summed E-state index contributed by atoms with van der Waals surface area (Å²) in [6, 6.07) is 0.0162. The van der Waals surface area contributed by atoms with Gasteiger partial charge in [-0.15, -0.1) is 6.58 Å². The average molecular weight is 219 g/mol. The summed E-state index contributed by atoms with van der Waals surface area (Å²) < 4.78 is 22.2. The van der Waals surface area contributed by atoms with Crippen LogP contribution in [0.2, 0.25) is 0 Å². The van der Waals surface area contributed by atoms with Gasteiger partial charge >= 0.3 is 0 Å². The van der Waals surface area contributed by atoms with Crippen molar-refractivity contribution in [2.24, 2.45) is 0 Å². The molecule has 0 aromatic rings. The quantitative estimate of drug-likeness (QED) is 0.658. The summed E-state index contributed by atoms with van der Waals surface area (Å²) in [6.07, 6.45) is 3.01. The normalized spacial score (nSPS) is 13.9. The molecule has 1 atom stereocenters. The minimum absolute atomic E-state index is 0.0162. The van der Waals surface area contributed by atoms with E-state index in [-0.39, 0.29) is 11.8 Å². The van der Waals surface area contributed by atoms with E-state index < -0.39 is 9.84 Å². The van der Waals surface area contributed by atoms with Gasteiger partial charge in [0.1, 0.15) is 9.84 Å². The van der Waals surface area contributed by atoms with Gasteiger partial charge in [0.05, 0.1) is 5.75 Å². The molecule has 14 heavy (non-hydrogen) atoms. The highest BCUT2D eigenvalue weighted by atomic mass is 32.2. The Morgan fingerprint density at radius 1 is 1.50 bits per heavy atom. The fourth-order valence-corrected chi connectivity index (χ4v) is 2.29. The number of sulfone groups is 1. The van der Waals surface area contributed by atoms with E-state index in [9.17, 15) is 8.42 Å². The Bertz CT molecular complexity index is 270. The van der Waals surface area contributed by atoms with Crippen LogP contribution >= 0.6 is 0 Å². The molecule has 3 nitrogen and oxygen atoms in total. The van der Waals surface area contributed by atoms with E-state index >= 15 is 0 Å². The second-order valence-electron chi connectivity index (χ2n) is 3.90. The maximum atomic E-state index is 11.1. The maximum Gasteiger partial charge on any atom is 0.148 e. The number of rotatable bonds is 7. The molecule has 0 aliphatic heterocycles. The van der Waals surface area contributed by atoms with E-state index in [0.717, 1.165) is 25.0 Å². The second-order valence-corrected chi connectivity index (χ2v) is 6.09. The number of nitrogens with one attached hydrogen (secondary N) is 1. The van der Waals surface area contributed by atoms with Gasteiger partial charge < -0.3 is 5.32 Å². The molecule has 4 heteroatoms. The van der Waals surface area contributed by atoms with Crippen LogP contribution in [-0.2, 0) is 9.84 Å². The summed E-state index contributed by atoms with van der Waals surface area (Å²) in [5, 5.41) is 3.22. The van der Waals surface area contributed by atoms with Gasteiger partial charge in [-0.2, -0.15) is 0 Å². The van der Waals surface area contributed by atoms with Crippen LogP contribution < -0.4 is 5.32 Å². The molecule has 0 aliphatic carbocycles. The fourth-order valence-electron chi connectivity index (χ4n) is 1.32. The smallest absolute Gasteiger partial charge is 0.148 e. The number of hydrogen-bond acceptors (Lipinski definition) is 3. The van der Waals surface area contributed by atoms with E-state index in [4.69, 9.17) is 0 Å². The van der Waals surface area contributed by atoms with Gasteiger partial charge in [-0.1, -0.05) is 12.5 Å². The Kier molecular flexibility index (Phi) is 6.04. The highest BCUT2D eigenvalue weighted by Crippen LogP contribution is 2.04. The molecule has 0 saturated heterocycles. The average Bonchev–Trinajstić information content (AvgIpc) is 1.96. The van der Waals surface area contributed by atoms with Crippen LogP contribution in [0.5, 0.6) is 0 Å². The first kappa shape index (κ1) is 13.7. The Hall–Kier alpha value is -0.350. The molecule has 0 spiro atoms. The van der Waals surface area contributed by atoms with Crippen molar-refractivity contribution < 1.29 is 8.42 Å². The van der Waals surface area contributed by atoms with Crippen LogP contribution in [0.1, 0.15) is 26.7 Å². The highest BCUT2D eigenvalue weighted by molar-refractivity contribution is 7.90. The van der Waals surface area contributed by atoms with Crippen molar-refractivity contribution in [2.45, 2.75) is 32.7 Å². The lowest BCUT2D eigenvalue weighted by atomic mass is 10.1. The third-order valence-corrected chi connectivity index (χ3v) is 2.79. The van der Waals surface area contributed by atoms with Crippen molar-refractivity contribution >= 4 is 9.84 Å². The molecule has 84 valence electrons. The summed E-state index contributed by atoms with van der Waals surface area (Å²) in [5.41, 5.74) is 1.02. The van der Waals surface area contributed by atoms with Crippen LogP contribution in [0.25, 0.3) is 0 Å². The van der Waals surface area contributed by atoms with Gasteiger partial charge in [-0.3, -0.25) is 0 Å². The van der Waals surface area contributed by atoms with Crippen molar-refractivity contribution in [2.75, 3.05) is 18.6 Å². The first-order valence-electron chi connectivity index (χ1n) is 4.90. The van der Waals surface area contributed by atoms with Crippen molar-refractivity contribution in [3.8, 4) is 0 Å². The van der Waals surface area contributed by atoms with E-state index in [2.05, 4.69) is 18.8 Å². The molecule has 0 aromatic carbocycles. The van der Waals surface area contributed by atoms with Crippen molar-refractivity contribution in [1.82, 2.24) is 5.32 Å². The fraction of sp³-hybridized carbons (Fsp3) is 0.800. The molecule has 0 aliphatic rings. The molecule has 1 unspecified atom stereocenters. The van der Waals surface area contributed by atoms with E-state index in [1.807, 2.05) is 6.92 Å². The molecule has 0 aromatic heterocycles. The predicted molar refractivity (Wildman–Crippen MR) is 61.2 cm³/mol. The van der Waals surface area contributed by atoms with Crippen molar-refractivity contribution in [1.29, 1.82) is 0 Å². The topological polar surface area (TPSA) is 46.2 Å². The van der Waals surface area contributed by atoms with Crippen LogP contribution in [0.3, 0.4) is 0 Å². The van der Waals surface area contributed by atoms with Gasteiger partial charge in [-0.25, -0.2) is 8.42 Å². The monoisotopic (exact) mass is 219 g/mol. The van der Waals surface area contributed by atoms with E-state index in [1.165, 1.54) is 6.26 Å². The van der Waals surface area contributed by atoms with Gasteiger partial charge in [-0.05, 0) is 26.3 Å². The molecule has 0 saturated carbocycles. The summed E-state index contributed by atoms with van der Waals surface area (Å²) >= 11 is 0. The molecule has 0 radical (unpaired) electrons. The SMILES string of the molecule is C=C(C)CC(CS(C)(=O)=O)NCCC. The van der Waals surface area contributed by atoms with Crippen LogP contribution in [0, 0.1) is 0 Å². The Morgan fingerprint density at radius 2 is 2.07 bits per heavy atom. The van der Waals surface area contributed by atoms with Gasteiger partial charge in [0.2, 0.25) is 0 Å². The van der Waals surface area contributed by atoms with Gasteiger partial charge in [0, 0.05) is 12.3 Å². The lowest BCUT2D eigenvalue weighted by Crippen LogP contribution is -2.36. The maximum absolute atomic E-state index is 11.1. The van der Waals surface area contributed by atoms with Crippen LogP contribution in [0.4, 0.5) is 0 Å². The lowest BCUT2D eigenvalue weighted by molar-refractivity contribution is 0.529. The Balaban J connectivity index is 4.17. The van der Waals surface area contributed by atoms with Crippen LogP contribution in [0.15, 0.2) is 12.2 Å². The van der Waals surface area contributed by atoms with Gasteiger partial charge in [0.25, 0.3) is 0 Å². The summed E-state index contributed by atoms with van der Waals surface area (Å²) in [6.45, 7) is 8.63. The first-order valence-corrected chi connectivity index (χ1v) is 6.96. The van der Waals surface area contributed by atoms with Crippen LogP contribution in [-0.4, -0.2) is 33.0 Å². The lowest BCUT2D eigenvalue weighted by Gasteiger charge is -2.17. The standard InChI is InChI=1S/C10H21NO2S/c1-5-6-11-10(7-9(2)3)8-14(4,12)13/h10-11H,2,5-8H2,1,3-4H3. The molecule has 0 bridgehead atoms. The third kappa shape index (κ3) is 8.26. The molecule has 1 N–H and O–H groups in total. The second kappa shape index (κ2) is 6.19. The van der Waals surface area contributed by atoms with Crippen molar-refractivity contribution in [3.05, 3.63) is 12.2 Å². The van der Waals surface area contributed by atoms with Crippen molar-refractivity contribution in [3.63, 3.8) is 0 Å². The summed E-state index contributed by atoms with van der Waals surface area (Å²) in [7, 11) is -2.90. The molecular formula is C10H21NO2S. The molecular weight excluding hydrogens is 198 g/mol. The Morgan fingerprint density at radius 3 is 2.43 bits per heavy atom. The zero-order chi connectivity index (χ0) is 11.2. The zero-order valence-corrected chi connectivity index (χ0v) is 10.2. The number of hydrogen-bond donors (Lipinski definition) is 1. The molecule has 0 heterocycles. The van der Waals surface area contributed by atoms with E-state index in [1.54, 1.807) is 0 Å². The summed E-state index contributed by atoms with van der Waals surface area (Å²) in [5.74, 6) is 0.194. The molecule has 0 fully saturated rings. The summed E-state index contributed by atoms with van der Waals surface area (Å²) in [4.78, 5) is 0. The van der Waals surface area contributed by atoms with E-state index in [0.29, 0.717) is 0 Å². The highest BCUT2D eigenvalue weighted by Gasteiger charge is 2.14. The third-order valence-electron chi connectivity index (χ3n) is 1.78. The predicted octanol–water partition coefficient (Wildman–Crippen LogP) is 1.37. The molecule has 0 amide bonds. The Labute approximate surface area is 87.5 Å². The minimum atomic E-state index is -2.90. The first-order chi connectivity index (χ1) is 6.35. The molecule has 0 rings (SSSR count). The zero-order valence-electron chi connectivity index (χ0n) is 9.34. The largest absolute Gasteiger partial charge is 0.313 e. The minimum Gasteiger partial charge on any atom is -0.313 e. The van der Waals surface area contributed by atoms with Gasteiger partial charge in [0.15, 0.2) is 0 Å².